The number of rotatable bonds is 6. The number of imidazole rings is 1. The van der Waals surface area contributed by atoms with E-state index in [4.69, 9.17) is 4.74 Å². The Hall–Kier alpha value is -2.13. The van der Waals surface area contributed by atoms with Gasteiger partial charge in [0, 0.05) is 20.1 Å². The van der Waals surface area contributed by atoms with Gasteiger partial charge in [0.15, 0.2) is 11.2 Å². The van der Waals surface area contributed by atoms with E-state index in [0.29, 0.717) is 17.1 Å². The van der Waals surface area contributed by atoms with Gasteiger partial charge in [0.05, 0.1) is 25.4 Å². The van der Waals surface area contributed by atoms with Gasteiger partial charge in [0.2, 0.25) is 5.95 Å². The topological polar surface area (TPSA) is 105 Å². The Balaban J connectivity index is 2.06. The number of aromatic nitrogens is 4. The number of H-pyrrole nitrogens is 1. The van der Waals surface area contributed by atoms with Gasteiger partial charge >= 0.3 is 5.69 Å². The Kier molecular flexibility index (Phi) is 4.96. The molecule has 25 heavy (non-hydrogen) atoms. The number of fused-ring (bicyclic) bond motifs is 1. The van der Waals surface area contributed by atoms with Crippen LogP contribution < -0.4 is 16.1 Å². The molecule has 2 aromatic heterocycles. The van der Waals surface area contributed by atoms with Crippen LogP contribution in [0.15, 0.2) is 9.59 Å². The van der Waals surface area contributed by atoms with Crippen LogP contribution in [-0.2, 0) is 18.3 Å². The molecule has 0 saturated carbocycles. The van der Waals surface area contributed by atoms with E-state index >= 15 is 0 Å². The molecule has 0 amide bonds. The fraction of sp³-hybridized carbons (Fsp3) is 0.688. The van der Waals surface area contributed by atoms with Crippen LogP contribution in [0.1, 0.15) is 26.7 Å². The van der Waals surface area contributed by atoms with E-state index in [1.807, 2.05) is 13.8 Å². The van der Waals surface area contributed by atoms with Crippen molar-refractivity contribution in [1.29, 1.82) is 0 Å². The first kappa shape index (κ1) is 17.7. The summed E-state index contributed by atoms with van der Waals surface area (Å²) in [6.07, 6.45) is 1.34. The van der Waals surface area contributed by atoms with Crippen LogP contribution >= 0.6 is 0 Å². The molecule has 9 nitrogen and oxygen atoms in total. The third-order valence-corrected chi connectivity index (χ3v) is 4.39. The highest BCUT2D eigenvalue weighted by molar-refractivity contribution is 5.74. The molecule has 1 aliphatic rings. The Morgan fingerprint density at radius 1 is 1.28 bits per heavy atom. The number of ether oxygens (including phenoxy) is 1. The van der Waals surface area contributed by atoms with Crippen LogP contribution in [0.3, 0.4) is 0 Å². The summed E-state index contributed by atoms with van der Waals surface area (Å²) in [5.74, 6) is 0.614. The maximum atomic E-state index is 12.4. The van der Waals surface area contributed by atoms with Crippen molar-refractivity contribution in [3.63, 3.8) is 0 Å². The average molecular weight is 351 g/mol. The highest BCUT2D eigenvalue weighted by atomic mass is 16.5. The summed E-state index contributed by atoms with van der Waals surface area (Å²) in [5.41, 5.74) is -0.368. The molecule has 1 atom stereocenters. The van der Waals surface area contributed by atoms with Crippen LogP contribution in [0, 0.1) is 0 Å². The van der Waals surface area contributed by atoms with Gasteiger partial charge in [0.25, 0.3) is 5.56 Å². The molecule has 3 rings (SSSR count). The number of nitrogens with one attached hydrogen (secondary N) is 1. The summed E-state index contributed by atoms with van der Waals surface area (Å²) in [7, 11) is 1.57. The van der Waals surface area contributed by atoms with Gasteiger partial charge in [-0.1, -0.05) is 0 Å². The number of aryl methyl sites for hydroxylation is 1. The largest absolute Gasteiger partial charge is 0.389 e. The van der Waals surface area contributed by atoms with Crippen molar-refractivity contribution >= 4 is 17.1 Å². The van der Waals surface area contributed by atoms with Gasteiger partial charge in [-0.3, -0.25) is 14.3 Å². The lowest BCUT2D eigenvalue weighted by Crippen LogP contribution is -2.31. The molecular formula is C16H25N5O4. The number of hydrogen-bond acceptors (Lipinski definition) is 6. The fourth-order valence-corrected chi connectivity index (χ4v) is 3.12. The predicted molar refractivity (Wildman–Crippen MR) is 94.1 cm³/mol. The van der Waals surface area contributed by atoms with Crippen molar-refractivity contribution in [2.75, 3.05) is 24.6 Å². The molecule has 0 aliphatic carbocycles. The Bertz CT molecular complexity index is 860. The molecule has 9 heteroatoms. The number of hydrogen-bond donors (Lipinski definition) is 2. The van der Waals surface area contributed by atoms with E-state index in [1.54, 1.807) is 11.6 Å². The minimum atomic E-state index is -0.780. The quantitative estimate of drug-likeness (QED) is 0.747. The molecule has 2 aromatic rings. The summed E-state index contributed by atoms with van der Waals surface area (Å²) in [6, 6.07) is 0. The molecule has 3 heterocycles. The number of aliphatic hydroxyl groups excluding tert-OH is 1. The molecule has 0 unspecified atom stereocenters. The lowest BCUT2D eigenvalue weighted by atomic mass is 10.3. The molecule has 1 aliphatic heterocycles. The first-order chi connectivity index (χ1) is 11.9. The average Bonchev–Trinajstić information content (AvgIpc) is 3.18. The third kappa shape index (κ3) is 3.47. The molecule has 138 valence electrons. The fourth-order valence-electron chi connectivity index (χ4n) is 3.12. The van der Waals surface area contributed by atoms with E-state index in [0.717, 1.165) is 25.9 Å². The summed E-state index contributed by atoms with van der Waals surface area (Å²) < 4.78 is 8.49. The second kappa shape index (κ2) is 7.01. The van der Waals surface area contributed by atoms with E-state index in [2.05, 4.69) is 14.9 Å². The zero-order valence-corrected chi connectivity index (χ0v) is 14.9. The molecule has 0 radical (unpaired) electrons. The van der Waals surface area contributed by atoms with Crippen molar-refractivity contribution in [2.24, 2.45) is 7.05 Å². The summed E-state index contributed by atoms with van der Waals surface area (Å²) >= 11 is 0. The predicted octanol–water partition coefficient (Wildman–Crippen LogP) is -0.191. The maximum Gasteiger partial charge on any atom is 0.329 e. The SMILES string of the molecule is CC(C)OC[C@@H](O)Cn1c(N2CCCC2)nc2c1c(=O)[nH]c(=O)n2C. The van der Waals surface area contributed by atoms with Gasteiger partial charge < -0.3 is 19.3 Å². The van der Waals surface area contributed by atoms with Crippen molar-refractivity contribution in [2.45, 2.75) is 45.4 Å². The third-order valence-electron chi connectivity index (χ3n) is 4.39. The first-order valence-electron chi connectivity index (χ1n) is 8.62. The zero-order chi connectivity index (χ0) is 18.1. The minimum Gasteiger partial charge on any atom is -0.389 e. The van der Waals surface area contributed by atoms with E-state index < -0.39 is 17.4 Å². The van der Waals surface area contributed by atoms with Gasteiger partial charge in [-0.25, -0.2) is 4.79 Å². The van der Waals surface area contributed by atoms with Crippen molar-refractivity contribution in [3.8, 4) is 0 Å². The molecule has 0 aromatic carbocycles. The smallest absolute Gasteiger partial charge is 0.329 e. The first-order valence-corrected chi connectivity index (χ1v) is 8.62. The monoisotopic (exact) mass is 351 g/mol. The van der Waals surface area contributed by atoms with Gasteiger partial charge in [0.1, 0.15) is 0 Å². The summed E-state index contributed by atoms with van der Waals surface area (Å²) in [4.78, 5) is 33.2. The molecular weight excluding hydrogens is 326 g/mol. The Labute approximate surface area is 144 Å². The van der Waals surface area contributed by atoms with E-state index in [9.17, 15) is 14.7 Å². The van der Waals surface area contributed by atoms with Gasteiger partial charge in [-0.05, 0) is 26.7 Å². The minimum absolute atomic E-state index is 0.0106. The zero-order valence-electron chi connectivity index (χ0n) is 14.9. The highest BCUT2D eigenvalue weighted by Crippen LogP contribution is 2.23. The Morgan fingerprint density at radius 3 is 2.60 bits per heavy atom. The van der Waals surface area contributed by atoms with Gasteiger partial charge in [-0.15, -0.1) is 0 Å². The second-order valence-corrected chi connectivity index (χ2v) is 6.74. The highest BCUT2D eigenvalue weighted by Gasteiger charge is 2.24. The molecule has 1 fully saturated rings. The summed E-state index contributed by atoms with van der Waals surface area (Å²) in [5, 5.41) is 10.3. The standard InChI is InChI=1S/C16H25N5O4/c1-10(2)25-9-11(22)8-21-12-13(19(3)16(24)18-14(12)23)17-15(21)20-6-4-5-7-20/h10-11,22H,4-9H2,1-3H3,(H,18,23,24)/t11-/m0/s1. The maximum absolute atomic E-state index is 12.4. The Morgan fingerprint density at radius 2 is 1.96 bits per heavy atom. The molecule has 0 bridgehead atoms. The number of aromatic amines is 1. The molecule has 2 N–H and O–H groups in total. The van der Waals surface area contributed by atoms with Crippen LogP contribution in [-0.4, -0.2) is 56.1 Å². The lowest BCUT2D eigenvalue weighted by Gasteiger charge is -2.20. The number of anilines is 1. The normalized spacial score (nSPS) is 16.3. The van der Waals surface area contributed by atoms with Crippen LogP contribution in [0.2, 0.25) is 0 Å². The van der Waals surface area contributed by atoms with Crippen LogP contribution in [0.4, 0.5) is 5.95 Å². The number of aliphatic hydroxyl groups is 1. The molecule has 0 spiro atoms. The molecule has 1 saturated heterocycles. The van der Waals surface area contributed by atoms with Crippen LogP contribution in [0.5, 0.6) is 0 Å². The van der Waals surface area contributed by atoms with Crippen molar-refractivity contribution < 1.29 is 9.84 Å². The van der Waals surface area contributed by atoms with Crippen LogP contribution in [0.25, 0.3) is 11.2 Å². The van der Waals surface area contributed by atoms with Crippen molar-refractivity contribution in [3.05, 3.63) is 20.8 Å². The second-order valence-electron chi connectivity index (χ2n) is 6.74. The van der Waals surface area contributed by atoms with Crippen molar-refractivity contribution in [1.82, 2.24) is 19.1 Å². The van der Waals surface area contributed by atoms with E-state index in [1.165, 1.54) is 4.57 Å². The van der Waals surface area contributed by atoms with E-state index in [-0.39, 0.29) is 19.3 Å². The van der Waals surface area contributed by atoms with Gasteiger partial charge in [-0.2, -0.15) is 4.98 Å². The number of nitrogens with zero attached hydrogens (tertiary/aromatic N) is 4. The lowest BCUT2D eigenvalue weighted by molar-refractivity contribution is -0.000167. The summed E-state index contributed by atoms with van der Waals surface area (Å²) in [6.45, 7) is 5.82.